The van der Waals surface area contributed by atoms with E-state index in [-0.39, 0.29) is 5.91 Å². The number of hydrogen-bond acceptors (Lipinski definition) is 2. The molecule has 1 atom stereocenters. The molecule has 1 unspecified atom stereocenters. The minimum Gasteiger partial charge on any atom is -0.265 e. The normalized spacial score (nSPS) is 30.6. The van der Waals surface area contributed by atoms with Gasteiger partial charge in [-0.25, -0.2) is 0 Å². The second-order valence-corrected chi connectivity index (χ2v) is 3.99. The summed E-state index contributed by atoms with van der Waals surface area (Å²) in [4.78, 5) is 10.7. The second kappa shape index (κ2) is 3.17. The Kier molecular flexibility index (Phi) is 2.11. The molecule has 1 aliphatic carbocycles. The third-order valence-corrected chi connectivity index (χ3v) is 2.77. The Morgan fingerprint density at radius 1 is 1.43 bits per heavy atom. The zero-order chi connectivity index (χ0) is 10.2. The Labute approximate surface area is 86.9 Å². The average molecular weight is 209 g/mol. The zero-order valence-electron chi connectivity index (χ0n) is 7.70. The van der Waals surface area contributed by atoms with E-state index in [2.05, 4.69) is 10.2 Å². The summed E-state index contributed by atoms with van der Waals surface area (Å²) in [6, 6.07) is 0. The first kappa shape index (κ1) is 9.34. The molecule has 14 heavy (non-hydrogen) atoms. The van der Waals surface area contributed by atoms with E-state index < -0.39 is 4.87 Å². The third kappa shape index (κ3) is 1.34. The molecule has 0 radical (unpaired) electrons. The summed E-state index contributed by atoms with van der Waals surface area (Å²) in [5.41, 5.74) is 1.12. The van der Waals surface area contributed by atoms with Crippen LogP contribution in [0.2, 0.25) is 0 Å². The monoisotopic (exact) mass is 208 g/mol. The molecule has 3 nitrogen and oxygen atoms in total. The van der Waals surface area contributed by atoms with Gasteiger partial charge in [0.2, 0.25) is 0 Å². The Balaban J connectivity index is 2.41. The Morgan fingerprint density at radius 3 is 2.71 bits per heavy atom. The van der Waals surface area contributed by atoms with Crippen molar-refractivity contribution in [2.75, 3.05) is 0 Å². The SMILES string of the molecule is CC1=C(C2(Cl)C=CC=CC2)C(=O)N=N1. The molecule has 0 aromatic carbocycles. The van der Waals surface area contributed by atoms with Crippen molar-refractivity contribution in [3.63, 3.8) is 0 Å². The van der Waals surface area contributed by atoms with Gasteiger partial charge in [-0.05, 0) is 13.3 Å². The first-order valence-corrected chi connectivity index (χ1v) is 4.72. The molecule has 0 spiro atoms. The van der Waals surface area contributed by atoms with Crippen molar-refractivity contribution < 1.29 is 4.79 Å². The molecule has 72 valence electrons. The number of azo groups is 1. The Hall–Kier alpha value is -1.22. The van der Waals surface area contributed by atoms with Gasteiger partial charge in [0, 0.05) is 0 Å². The van der Waals surface area contributed by atoms with Crippen LogP contribution in [-0.4, -0.2) is 10.8 Å². The number of halogens is 1. The van der Waals surface area contributed by atoms with Crippen molar-refractivity contribution in [2.45, 2.75) is 18.2 Å². The molecule has 0 bridgehead atoms. The summed E-state index contributed by atoms with van der Waals surface area (Å²) in [5.74, 6) is -0.322. The maximum absolute atomic E-state index is 11.4. The van der Waals surface area contributed by atoms with Gasteiger partial charge in [-0.1, -0.05) is 24.3 Å². The molecule has 0 aromatic heterocycles. The smallest absolute Gasteiger partial charge is 0.265 e. The van der Waals surface area contributed by atoms with Crippen LogP contribution in [0.15, 0.2) is 45.8 Å². The highest BCUT2D eigenvalue weighted by molar-refractivity contribution is 6.31. The van der Waals surface area contributed by atoms with E-state index in [1.54, 1.807) is 6.92 Å². The maximum atomic E-state index is 11.4. The fraction of sp³-hybridized carbons (Fsp3) is 0.300. The van der Waals surface area contributed by atoms with Gasteiger partial charge in [0.05, 0.1) is 16.1 Å². The third-order valence-electron chi connectivity index (χ3n) is 2.30. The van der Waals surface area contributed by atoms with E-state index in [4.69, 9.17) is 11.6 Å². The van der Waals surface area contributed by atoms with E-state index in [9.17, 15) is 4.79 Å². The lowest BCUT2D eigenvalue weighted by atomic mass is 9.90. The molecule has 0 fully saturated rings. The minimum absolute atomic E-state index is 0.322. The second-order valence-electron chi connectivity index (χ2n) is 3.32. The van der Waals surface area contributed by atoms with Gasteiger partial charge in [-0.2, -0.15) is 5.11 Å². The van der Waals surface area contributed by atoms with Crippen LogP contribution in [0, 0.1) is 0 Å². The first-order valence-electron chi connectivity index (χ1n) is 4.34. The van der Waals surface area contributed by atoms with E-state index in [0.29, 0.717) is 17.7 Å². The molecule has 0 saturated heterocycles. The number of carbonyl (C=O) groups is 1. The van der Waals surface area contributed by atoms with Gasteiger partial charge in [0.25, 0.3) is 5.91 Å². The molecule has 4 heteroatoms. The maximum Gasteiger partial charge on any atom is 0.295 e. The van der Waals surface area contributed by atoms with Crippen molar-refractivity contribution in [1.82, 2.24) is 0 Å². The summed E-state index contributed by atoms with van der Waals surface area (Å²) < 4.78 is 0. The Morgan fingerprint density at radius 2 is 2.21 bits per heavy atom. The summed E-state index contributed by atoms with van der Waals surface area (Å²) in [5, 5.41) is 7.22. The largest absolute Gasteiger partial charge is 0.295 e. The molecular weight excluding hydrogens is 200 g/mol. The highest BCUT2D eigenvalue weighted by Crippen LogP contribution is 2.38. The lowest BCUT2D eigenvalue weighted by molar-refractivity contribution is -0.114. The molecule has 1 heterocycles. The topological polar surface area (TPSA) is 41.8 Å². The predicted octanol–water partition coefficient (Wildman–Crippen LogP) is 2.75. The fourth-order valence-corrected chi connectivity index (χ4v) is 2.01. The molecule has 2 rings (SSSR count). The van der Waals surface area contributed by atoms with Crippen molar-refractivity contribution in [3.8, 4) is 0 Å². The van der Waals surface area contributed by atoms with Crippen LogP contribution in [0.1, 0.15) is 13.3 Å². The van der Waals surface area contributed by atoms with Crippen LogP contribution in [0.5, 0.6) is 0 Å². The number of allylic oxidation sites excluding steroid dienone is 5. The van der Waals surface area contributed by atoms with Crippen LogP contribution in [0.3, 0.4) is 0 Å². The van der Waals surface area contributed by atoms with E-state index in [1.807, 2.05) is 24.3 Å². The van der Waals surface area contributed by atoms with Crippen LogP contribution in [-0.2, 0) is 4.79 Å². The summed E-state index contributed by atoms with van der Waals surface area (Å²) in [6.07, 6.45) is 8.08. The van der Waals surface area contributed by atoms with E-state index in [1.165, 1.54) is 0 Å². The minimum atomic E-state index is -0.751. The molecule has 2 aliphatic rings. The fourth-order valence-electron chi connectivity index (χ4n) is 1.63. The van der Waals surface area contributed by atoms with Crippen LogP contribution in [0.4, 0.5) is 0 Å². The summed E-state index contributed by atoms with van der Waals surface area (Å²) in [6.45, 7) is 1.75. The standard InChI is InChI=1S/C10H9ClN2O/c1-7-8(9(14)13-12-7)10(11)5-3-2-4-6-10/h2-5H,6H2,1H3. The van der Waals surface area contributed by atoms with Crippen LogP contribution >= 0.6 is 11.6 Å². The van der Waals surface area contributed by atoms with Crippen LogP contribution < -0.4 is 0 Å². The number of rotatable bonds is 1. The number of hydrogen-bond donors (Lipinski definition) is 0. The van der Waals surface area contributed by atoms with Gasteiger partial charge >= 0.3 is 0 Å². The lowest BCUT2D eigenvalue weighted by Crippen LogP contribution is -2.26. The van der Waals surface area contributed by atoms with E-state index in [0.717, 1.165) is 0 Å². The summed E-state index contributed by atoms with van der Waals surface area (Å²) >= 11 is 6.33. The molecule has 1 aliphatic heterocycles. The zero-order valence-corrected chi connectivity index (χ0v) is 8.45. The molecule has 0 aromatic rings. The van der Waals surface area contributed by atoms with Crippen molar-refractivity contribution >= 4 is 17.5 Å². The first-order chi connectivity index (χ1) is 6.63. The Bertz CT molecular complexity index is 406. The van der Waals surface area contributed by atoms with Gasteiger partial charge in [-0.15, -0.1) is 16.7 Å². The van der Waals surface area contributed by atoms with Crippen LogP contribution in [0.25, 0.3) is 0 Å². The number of nitrogens with zero attached hydrogens (tertiary/aromatic N) is 2. The van der Waals surface area contributed by atoms with Crippen molar-refractivity contribution in [3.05, 3.63) is 35.6 Å². The van der Waals surface area contributed by atoms with Gasteiger partial charge < -0.3 is 0 Å². The van der Waals surface area contributed by atoms with E-state index >= 15 is 0 Å². The highest BCUT2D eigenvalue weighted by Gasteiger charge is 2.37. The quantitative estimate of drug-likeness (QED) is 0.611. The van der Waals surface area contributed by atoms with Crippen molar-refractivity contribution in [2.24, 2.45) is 10.2 Å². The highest BCUT2D eigenvalue weighted by atomic mass is 35.5. The average Bonchev–Trinajstić information content (AvgIpc) is 2.48. The summed E-state index contributed by atoms with van der Waals surface area (Å²) in [7, 11) is 0. The molecule has 1 amide bonds. The number of alkyl halides is 1. The predicted molar refractivity (Wildman–Crippen MR) is 54.0 cm³/mol. The molecule has 0 N–H and O–H groups in total. The number of amides is 1. The number of carbonyl (C=O) groups excluding carboxylic acids is 1. The molecular formula is C10H9ClN2O. The van der Waals surface area contributed by atoms with Gasteiger partial charge in [0.1, 0.15) is 0 Å². The molecule has 0 saturated carbocycles. The van der Waals surface area contributed by atoms with Crippen molar-refractivity contribution in [1.29, 1.82) is 0 Å². The van der Waals surface area contributed by atoms with Gasteiger partial charge in [0.15, 0.2) is 0 Å². The lowest BCUT2D eigenvalue weighted by Gasteiger charge is -2.23. The van der Waals surface area contributed by atoms with Gasteiger partial charge in [-0.3, -0.25) is 4.79 Å².